The second kappa shape index (κ2) is 13.1. The van der Waals surface area contributed by atoms with E-state index < -0.39 is 0 Å². The second-order valence-corrected chi connectivity index (χ2v) is 8.67. The molecule has 1 aliphatic rings. The van der Waals surface area contributed by atoms with Crippen LogP contribution in [0.2, 0.25) is 0 Å². The number of ether oxygens (including phenoxy) is 2. The maximum Gasteiger partial charge on any atom is 0.338 e. The Kier molecular flexibility index (Phi) is 9.04. The summed E-state index contributed by atoms with van der Waals surface area (Å²) in [5, 5.41) is 0. The van der Waals surface area contributed by atoms with Crippen molar-refractivity contribution in [3.05, 3.63) is 132 Å². The van der Waals surface area contributed by atoms with E-state index in [0.29, 0.717) is 36.8 Å². The SMILES string of the molecule is O=C(OC1CCC(OC(=O)c2ccccc2)CC1)c1ccccc1.c1ccc(-c2ccccc2)cc1. The van der Waals surface area contributed by atoms with Gasteiger partial charge in [-0.1, -0.05) is 97.1 Å². The summed E-state index contributed by atoms with van der Waals surface area (Å²) >= 11 is 0. The van der Waals surface area contributed by atoms with Crippen LogP contribution in [0.4, 0.5) is 0 Å². The number of benzene rings is 4. The fraction of sp³-hybridized carbons (Fsp3) is 0.188. The lowest BCUT2D eigenvalue weighted by atomic mass is 9.95. The molecule has 4 heteroatoms. The predicted molar refractivity (Wildman–Crippen MR) is 142 cm³/mol. The third-order valence-electron chi connectivity index (χ3n) is 6.07. The maximum absolute atomic E-state index is 12.0. The van der Waals surface area contributed by atoms with Gasteiger partial charge in [0.25, 0.3) is 0 Å². The molecule has 0 atom stereocenters. The van der Waals surface area contributed by atoms with Gasteiger partial charge in [-0.25, -0.2) is 9.59 Å². The summed E-state index contributed by atoms with van der Waals surface area (Å²) in [7, 11) is 0. The Morgan fingerprint density at radius 3 is 1.03 bits per heavy atom. The molecule has 1 fully saturated rings. The van der Waals surface area contributed by atoms with Gasteiger partial charge in [0.15, 0.2) is 0 Å². The highest BCUT2D eigenvalue weighted by Gasteiger charge is 2.26. The van der Waals surface area contributed by atoms with E-state index in [1.807, 2.05) is 48.5 Å². The Hall–Kier alpha value is -4.18. The van der Waals surface area contributed by atoms with Gasteiger partial charge in [-0.15, -0.1) is 0 Å². The fourth-order valence-corrected chi connectivity index (χ4v) is 4.12. The van der Waals surface area contributed by atoms with Crippen molar-refractivity contribution in [2.24, 2.45) is 0 Å². The van der Waals surface area contributed by atoms with Crippen LogP contribution in [0.5, 0.6) is 0 Å². The van der Waals surface area contributed by atoms with Gasteiger partial charge in [0.05, 0.1) is 11.1 Å². The molecule has 0 radical (unpaired) electrons. The molecule has 0 unspecified atom stereocenters. The summed E-state index contributed by atoms with van der Waals surface area (Å²) in [5.74, 6) is -0.583. The van der Waals surface area contributed by atoms with Crippen LogP contribution in [-0.2, 0) is 9.47 Å². The van der Waals surface area contributed by atoms with E-state index in [9.17, 15) is 9.59 Å². The van der Waals surface area contributed by atoms with Gasteiger partial charge in [0, 0.05) is 0 Å². The molecule has 0 heterocycles. The lowest BCUT2D eigenvalue weighted by Gasteiger charge is -2.28. The van der Waals surface area contributed by atoms with E-state index >= 15 is 0 Å². The molecule has 1 aliphatic carbocycles. The Labute approximate surface area is 212 Å². The van der Waals surface area contributed by atoms with Crippen molar-refractivity contribution in [3.8, 4) is 11.1 Å². The molecule has 0 aromatic heterocycles. The van der Waals surface area contributed by atoms with Gasteiger partial charge in [0.1, 0.15) is 12.2 Å². The van der Waals surface area contributed by atoms with Gasteiger partial charge in [-0.05, 0) is 61.1 Å². The summed E-state index contributed by atoms with van der Waals surface area (Å²) in [4.78, 5) is 24.1. The summed E-state index contributed by atoms with van der Waals surface area (Å²) in [6.07, 6.45) is 2.64. The van der Waals surface area contributed by atoms with E-state index in [1.54, 1.807) is 24.3 Å². The third kappa shape index (κ3) is 7.41. The van der Waals surface area contributed by atoms with Crippen molar-refractivity contribution in [3.63, 3.8) is 0 Å². The first-order valence-electron chi connectivity index (χ1n) is 12.3. The average Bonchev–Trinajstić information content (AvgIpc) is 2.96. The maximum atomic E-state index is 12.0. The highest BCUT2D eigenvalue weighted by molar-refractivity contribution is 5.90. The first-order valence-corrected chi connectivity index (χ1v) is 12.3. The minimum Gasteiger partial charge on any atom is -0.459 e. The lowest BCUT2D eigenvalue weighted by molar-refractivity contribution is -0.0108. The molecule has 0 saturated heterocycles. The standard InChI is InChI=1S/C20H20O4.C12H10/c21-19(15-7-3-1-4-8-15)23-17-11-13-18(14-12-17)24-20(22)16-9-5-2-6-10-16;1-3-7-11(8-4-1)12-9-5-2-6-10-12/h1-10,17-18H,11-14H2;1-10H. The van der Waals surface area contributed by atoms with Crippen molar-refractivity contribution < 1.29 is 19.1 Å². The van der Waals surface area contributed by atoms with Crippen LogP contribution in [-0.4, -0.2) is 24.1 Å². The monoisotopic (exact) mass is 478 g/mol. The highest BCUT2D eigenvalue weighted by atomic mass is 16.6. The zero-order chi connectivity index (χ0) is 25.0. The molecule has 36 heavy (non-hydrogen) atoms. The normalized spacial score (nSPS) is 16.7. The van der Waals surface area contributed by atoms with Crippen LogP contribution < -0.4 is 0 Å². The number of hydrogen-bond donors (Lipinski definition) is 0. The van der Waals surface area contributed by atoms with Gasteiger partial charge < -0.3 is 9.47 Å². The minimum absolute atomic E-state index is 0.107. The smallest absolute Gasteiger partial charge is 0.338 e. The van der Waals surface area contributed by atoms with Crippen molar-refractivity contribution in [1.29, 1.82) is 0 Å². The Morgan fingerprint density at radius 1 is 0.444 bits per heavy atom. The molecule has 1 saturated carbocycles. The van der Waals surface area contributed by atoms with E-state index in [1.165, 1.54) is 11.1 Å². The molecule has 0 aliphatic heterocycles. The number of esters is 2. The largest absolute Gasteiger partial charge is 0.459 e. The Bertz CT molecular complexity index is 1100. The van der Waals surface area contributed by atoms with Crippen molar-refractivity contribution in [1.82, 2.24) is 0 Å². The lowest BCUT2D eigenvalue weighted by Crippen LogP contribution is -2.29. The Balaban J connectivity index is 0.000000211. The molecule has 182 valence electrons. The molecule has 0 spiro atoms. The van der Waals surface area contributed by atoms with Crippen molar-refractivity contribution >= 4 is 11.9 Å². The van der Waals surface area contributed by atoms with Crippen LogP contribution in [0.15, 0.2) is 121 Å². The first kappa shape index (κ1) is 24.9. The summed E-state index contributed by atoms with van der Waals surface area (Å²) in [6.45, 7) is 0. The average molecular weight is 479 g/mol. The second-order valence-electron chi connectivity index (χ2n) is 8.67. The van der Waals surface area contributed by atoms with Crippen molar-refractivity contribution in [2.45, 2.75) is 37.9 Å². The van der Waals surface area contributed by atoms with E-state index in [2.05, 4.69) is 48.5 Å². The van der Waals surface area contributed by atoms with Gasteiger partial charge in [-0.2, -0.15) is 0 Å². The summed E-state index contributed by atoms with van der Waals surface area (Å²) < 4.78 is 11.1. The number of carbonyl (C=O) groups is 2. The molecule has 5 rings (SSSR count). The molecule has 4 aromatic rings. The predicted octanol–water partition coefficient (Wildman–Crippen LogP) is 7.37. The van der Waals surface area contributed by atoms with E-state index in [0.717, 1.165) is 0 Å². The summed E-state index contributed by atoms with van der Waals surface area (Å²) in [5.41, 5.74) is 3.68. The molecule has 0 amide bonds. The number of hydrogen-bond acceptors (Lipinski definition) is 4. The zero-order valence-electron chi connectivity index (χ0n) is 20.2. The van der Waals surface area contributed by atoms with Crippen LogP contribution >= 0.6 is 0 Å². The van der Waals surface area contributed by atoms with Crippen molar-refractivity contribution in [2.75, 3.05) is 0 Å². The first-order chi connectivity index (χ1) is 17.7. The molecule has 4 nitrogen and oxygen atoms in total. The fourth-order valence-electron chi connectivity index (χ4n) is 4.12. The molecule has 0 bridgehead atoms. The molecular weight excluding hydrogens is 448 g/mol. The third-order valence-corrected chi connectivity index (χ3v) is 6.07. The number of carbonyl (C=O) groups excluding carboxylic acids is 2. The van der Waals surface area contributed by atoms with Crippen LogP contribution in [0.3, 0.4) is 0 Å². The molecular formula is C32H30O4. The topological polar surface area (TPSA) is 52.6 Å². The van der Waals surface area contributed by atoms with E-state index in [-0.39, 0.29) is 24.1 Å². The van der Waals surface area contributed by atoms with Crippen LogP contribution in [0.25, 0.3) is 11.1 Å². The quantitative estimate of drug-likeness (QED) is 0.281. The molecule has 0 N–H and O–H groups in total. The van der Waals surface area contributed by atoms with Crippen LogP contribution in [0.1, 0.15) is 46.4 Å². The van der Waals surface area contributed by atoms with Gasteiger partial charge >= 0.3 is 11.9 Å². The highest BCUT2D eigenvalue weighted by Crippen LogP contribution is 2.25. The van der Waals surface area contributed by atoms with Gasteiger partial charge in [-0.3, -0.25) is 0 Å². The minimum atomic E-state index is -0.291. The molecule has 4 aromatic carbocycles. The Morgan fingerprint density at radius 2 is 0.722 bits per heavy atom. The zero-order valence-corrected chi connectivity index (χ0v) is 20.2. The van der Waals surface area contributed by atoms with Gasteiger partial charge in [0.2, 0.25) is 0 Å². The van der Waals surface area contributed by atoms with E-state index in [4.69, 9.17) is 9.47 Å². The summed E-state index contributed by atoms with van der Waals surface area (Å²) in [6, 6.07) is 38.8. The number of rotatable bonds is 5. The van der Waals surface area contributed by atoms with Crippen LogP contribution in [0, 0.1) is 0 Å².